The summed E-state index contributed by atoms with van der Waals surface area (Å²) in [5.74, 6) is 0.795. The zero-order chi connectivity index (χ0) is 13.7. The van der Waals surface area contributed by atoms with E-state index in [9.17, 15) is 0 Å². The van der Waals surface area contributed by atoms with Gasteiger partial charge in [-0.3, -0.25) is 0 Å². The Morgan fingerprint density at radius 3 is 3.00 bits per heavy atom. The molecule has 0 unspecified atom stereocenters. The normalized spacial score (nSPS) is 11.7. The van der Waals surface area contributed by atoms with Crippen molar-refractivity contribution in [3.8, 4) is 0 Å². The van der Waals surface area contributed by atoms with Gasteiger partial charge in [-0.15, -0.1) is 10.2 Å². The number of aromatic nitrogens is 5. The quantitative estimate of drug-likeness (QED) is 0.566. The molecule has 0 spiro atoms. The van der Waals surface area contributed by atoms with Crippen molar-refractivity contribution in [2.45, 2.75) is 20.3 Å². The molecule has 0 bridgehead atoms. The summed E-state index contributed by atoms with van der Waals surface area (Å²) < 4.78 is 7.18. The third kappa shape index (κ3) is 1.63. The van der Waals surface area contributed by atoms with E-state index in [-0.39, 0.29) is 0 Å². The maximum absolute atomic E-state index is 5.42. The van der Waals surface area contributed by atoms with Crippen LogP contribution in [0, 0.1) is 13.8 Å². The Hall–Kier alpha value is -2.28. The number of benzene rings is 1. The lowest BCUT2D eigenvalue weighted by atomic mass is 10.1. The molecule has 0 N–H and O–H groups in total. The van der Waals surface area contributed by atoms with Gasteiger partial charge in [0.15, 0.2) is 11.4 Å². The summed E-state index contributed by atoms with van der Waals surface area (Å²) in [6, 6.07) is 6.06. The lowest BCUT2D eigenvalue weighted by Gasteiger charge is -1.93. The third-order valence-electron chi connectivity index (χ3n) is 3.28. The summed E-state index contributed by atoms with van der Waals surface area (Å²) in [4.78, 5) is 0.807. The number of para-hydroxylation sites is 1. The molecule has 3 aromatic heterocycles. The van der Waals surface area contributed by atoms with Gasteiger partial charge < -0.3 is 4.52 Å². The molecule has 3 heterocycles. The molecule has 4 aromatic rings. The van der Waals surface area contributed by atoms with E-state index in [0.717, 1.165) is 38.0 Å². The summed E-state index contributed by atoms with van der Waals surface area (Å²) in [6.07, 6.45) is 0.643. The Morgan fingerprint density at radius 1 is 1.25 bits per heavy atom. The fraction of sp³-hybridized carbons (Fsp3) is 0.231. The minimum Gasteiger partial charge on any atom is -0.356 e. The van der Waals surface area contributed by atoms with Crippen LogP contribution in [0.15, 0.2) is 22.7 Å². The van der Waals surface area contributed by atoms with E-state index in [0.29, 0.717) is 6.42 Å². The fourth-order valence-electron chi connectivity index (χ4n) is 2.25. The maximum atomic E-state index is 5.42. The number of hydrogen-bond acceptors (Lipinski definition) is 6. The van der Waals surface area contributed by atoms with E-state index in [1.807, 2.05) is 32.0 Å². The van der Waals surface area contributed by atoms with Crippen LogP contribution in [-0.2, 0) is 6.42 Å². The van der Waals surface area contributed by atoms with Crippen LogP contribution in [0.4, 0.5) is 0 Å². The lowest BCUT2D eigenvalue weighted by molar-refractivity contribution is 0.446. The number of rotatable bonds is 2. The fourth-order valence-corrected chi connectivity index (χ4v) is 3.13. The minimum atomic E-state index is 0.643. The van der Waals surface area contributed by atoms with Gasteiger partial charge in [-0.2, -0.15) is 9.61 Å². The van der Waals surface area contributed by atoms with E-state index >= 15 is 0 Å². The van der Waals surface area contributed by atoms with Crippen LogP contribution >= 0.6 is 11.3 Å². The SMILES string of the molecule is Cc1cccc2c(Cc3nn4c(C)nnc4s3)noc12. The number of aryl methyl sites for hydroxylation is 2. The predicted molar refractivity (Wildman–Crippen MR) is 74.9 cm³/mol. The molecule has 0 saturated carbocycles. The van der Waals surface area contributed by atoms with Crippen molar-refractivity contribution < 1.29 is 4.52 Å². The predicted octanol–water partition coefficient (Wildman–Crippen LogP) is 2.53. The molecule has 0 saturated heterocycles. The van der Waals surface area contributed by atoms with E-state index in [2.05, 4.69) is 20.5 Å². The van der Waals surface area contributed by atoms with E-state index in [1.54, 1.807) is 4.52 Å². The molecule has 0 aliphatic carbocycles. The highest BCUT2D eigenvalue weighted by Crippen LogP contribution is 2.25. The van der Waals surface area contributed by atoms with Gasteiger partial charge in [-0.1, -0.05) is 28.6 Å². The first-order valence-corrected chi connectivity index (χ1v) is 7.05. The first kappa shape index (κ1) is 11.5. The van der Waals surface area contributed by atoms with Gasteiger partial charge in [0.1, 0.15) is 5.01 Å². The van der Waals surface area contributed by atoms with Gasteiger partial charge in [-0.05, 0) is 25.5 Å². The molecule has 0 aliphatic rings. The van der Waals surface area contributed by atoms with Crippen LogP contribution in [0.2, 0.25) is 0 Å². The van der Waals surface area contributed by atoms with Crippen LogP contribution in [-0.4, -0.2) is 25.0 Å². The molecule has 7 heteroatoms. The molecule has 4 rings (SSSR count). The van der Waals surface area contributed by atoms with E-state index in [4.69, 9.17) is 4.52 Å². The van der Waals surface area contributed by atoms with Gasteiger partial charge in [0.25, 0.3) is 0 Å². The lowest BCUT2D eigenvalue weighted by Crippen LogP contribution is -1.93. The summed E-state index contributed by atoms with van der Waals surface area (Å²) in [5.41, 5.74) is 2.85. The highest BCUT2D eigenvalue weighted by molar-refractivity contribution is 7.16. The largest absolute Gasteiger partial charge is 0.356 e. The Kier molecular flexibility index (Phi) is 2.37. The Bertz CT molecular complexity index is 919. The molecule has 6 nitrogen and oxygen atoms in total. The van der Waals surface area contributed by atoms with Crippen LogP contribution in [0.5, 0.6) is 0 Å². The second-order valence-electron chi connectivity index (χ2n) is 4.70. The van der Waals surface area contributed by atoms with Crippen molar-refractivity contribution in [3.05, 3.63) is 40.3 Å². The summed E-state index contributed by atoms with van der Waals surface area (Å²) in [6.45, 7) is 3.90. The Morgan fingerprint density at radius 2 is 2.15 bits per heavy atom. The van der Waals surface area contributed by atoms with Crippen molar-refractivity contribution in [2.24, 2.45) is 0 Å². The molecule has 0 amide bonds. The number of nitrogens with zero attached hydrogens (tertiary/aromatic N) is 5. The molecular formula is C13H11N5OS. The zero-order valence-electron chi connectivity index (χ0n) is 11.0. The Balaban J connectivity index is 1.78. The molecule has 0 atom stereocenters. The van der Waals surface area contributed by atoms with Crippen LogP contribution in [0.25, 0.3) is 15.9 Å². The van der Waals surface area contributed by atoms with Gasteiger partial charge in [-0.25, -0.2) is 0 Å². The highest BCUT2D eigenvalue weighted by atomic mass is 32.1. The van der Waals surface area contributed by atoms with Gasteiger partial charge >= 0.3 is 0 Å². The Labute approximate surface area is 118 Å². The molecule has 0 aliphatic heterocycles. The second kappa shape index (κ2) is 4.11. The second-order valence-corrected chi connectivity index (χ2v) is 5.74. The van der Waals surface area contributed by atoms with Crippen molar-refractivity contribution >= 4 is 27.3 Å². The molecule has 100 valence electrons. The number of fused-ring (bicyclic) bond motifs is 2. The molecule has 20 heavy (non-hydrogen) atoms. The number of hydrogen-bond donors (Lipinski definition) is 0. The topological polar surface area (TPSA) is 69.1 Å². The van der Waals surface area contributed by atoms with Crippen molar-refractivity contribution in [2.75, 3.05) is 0 Å². The molecule has 0 fully saturated rings. The van der Waals surface area contributed by atoms with Crippen LogP contribution in [0.1, 0.15) is 22.1 Å². The first-order chi connectivity index (χ1) is 9.72. The molecule has 1 aromatic carbocycles. The summed E-state index contributed by atoms with van der Waals surface area (Å²) >= 11 is 1.53. The smallest absolute Gasteiger partial charge is 0.234 e. The average Bonchev–Trinajstić information content (AvgIpc) is 3.09. The zero-order valence-corrected chi connectivity index (χ0v) is 11.8. The summed E-state index contributed by atoms with van der Waals surface area (Å²) in [5, 5.41) is 18.7. The summed E-state index contributed by atoms with van der Waals surface area (Å²) in [7, 11) is 0. The molecule has 0 radical (unpaired) electrons. The first-order valence-electron chi connectivity index (χ1n) is 6.24. The third-order valence-corrected chi connectivity index (χ3v) is 4.18. The van der Waals surface area contributed by atoms with E-state index < -0.39 is 0 Å². The minimum absolute atomic E-state index is 0.643. The standard InChI is InChI=1S/C13H11N5OS/c1-7-4-3-5-9-10(17-19-12(7)9)6-11-16-18-8(2)14-15-13(18)20-11/h3-5H,6H2,1-2H3. The van der Waals surface area contributed by atoms with Gasteiger partial charge in [0, 0.05) is 11.8 Å². The van der Waals surface area contributed by atoms with Crippen molar-refractivity contribution in [1.82, 2.24) is 25.0 Å². The van der Waals surface area contributed by atoms with Crippen molar-refractivity contribution in [3.63, 3.8) is 0 Å². The highest BCUT2D eigenvalue weighted by Gasteiger charge is 2.14. The maximum Gasteiger partial charge on any atom is 0.234 e. The van der Waals surface area contributed by atoms with Crippen LogP contribution < -0.4 is 0 Å². The van der Waals surface area contributed by atoms with Crippen molar-refractivity contribution in [1.29, 1.82) is 0 Å². The van der Waals surface area contributed by atoms with Gasteiger partial charge in [0.2, 0.25) is 4.96 Å². The van der Waals surface area contributed by atoms with Crippen LogP contribution in [0.3, 0.4) is 0 Å². The average molecular weight is 285 g/mol. The van der Waals surface area contributed by atoms with Gasteiger partial charge in [0.05, 0.1) is 5.69 Å². The monoisotopic (exact) mass is 285 g/mol. The van der Waals surface area contributed by atoms with E-state index in [1.165, 1.54) is 11.3 Å². The molecular weight excluding hydrogens is 274 g/mol.